The van der Waals surface area contributed by atoms with Crippen LogP contribution in [-0.4, -0.2) is 9.38 Å². The lowest BCUT2D eigenvalue weighted by Crippen LogP contribution is -1.82. The number of imidazole rings is 1. The first-order valence-corrected chi connectivity index (χ1v) is 5.21. The molecule has 0 N–H and O–H groups in total. The topological polar surface area (TPSA) is 17.3 Å². The molecule has 1 aromatic carbocycles. The van der Waals surface area contributed by atoms with Crippen molar-refractivity contribution < 1.29 is 0 Å². The number of hydrogen-bond acceptors (Lipinski definition) is 2. The fraction of sp³-hybridized carbons (Fsp3) is 0. The van der Waals surface area contributed by atoms with Crippen LogP contribution < -0.4 is 0 Å². The van der Waals surface area contributed by atoms with Crippen molar-refractivity contribution in [1.29, 1.82) is 0 Å². The molecule has 0 aliphatic carbocycles. The standard InChI is InChI=1S/C11H7N2S/c1-2-4-9(5-3-1)10-8-14-11-12-6-7-13(10)11/h1-5,7-8H. The minimum atomic E-state index is 0.990. The van der Waals surface area contributed by atoms with Crippen molar-refractivity contribution in [2.75, 3.05) is 0 Å². The van der Waals surface area contributed by atoms with E-state index in [1.54, 1.807) is 11.3 Å². The number of thiazole rings is 1. The monoisotopic (exact) mass is 199 g/mol. The molecule has 0 saturated carbocycles. The molecular weight excluding hydrogens is 192 g/mol. The molecule has 14 heavy (non-hydrogen) atoms. The van der Waals surface area contributed by atoms with Gasteiger partial charge in [-0.3, -0.25) is 4.40 Å². The Morgan fingerprint density at radius 3 is 2.93 bits per heavy atom. The van der Waals surface area contributed by atoms with E-state index in [0.29, 0.717) is 0 Å². The summed E-state index contributed by atoms with van der Waals surface area (Å²) in [6.45, 7) is 0. The van der Waals surface area contributed by atoms with Gasteiger partial charge in [0, 0.05) is 11.6 Å². The second kappa shape index (κ2) is 2.96. The van der Waals surface area contributed by atoms with Crippen molar-refractivity contribution in [3.63, 3.8) is 0 Å². The third-order valence-corrected chi connectivity index (χ3v) is 3.00. The first kappa shape index (κ1) is 7.76. The zero-order valence-corrected chi connectivity index (χ0v) is 8.16. The normalized spacial score (nSPS) is 10.9. The molecule has 2 heterocycles. The molecule has 67 valence electrons. The van der Waals surface area contributed by atoms with Crippen LogP contribution in [0.25, 0.3) is 16.2 Å². The van der Waals surface area contributed by atoms with Gasteiger partial charge < -0.3 is 0 Å². The molecule has 0 spiro atoms. The molecule has 0 fully saturated rings. The van der Waals surface area contributed by atoms with Gasteiger partial charge in [-0.2, -0.15) is 0 Å². The summed E-state index contributed by atoms with van der Waals surface area (Å²) in [4.78, 5) is 5.11. The van der Waals surface area contributed by atoms with E-state index in [1.807, 2.05) is 24.4 Å². The number of hydrogen-bond donors (Lipinski definition) is 0. The third-order valence-electron chi connectivity index (χ3n) is 2.16. The van der Waals surface area contributed by atoms with Crippen molar-refractivity contribution in [3.8, 4) is 11.3 Å². The molecule has 3 aromatic rings. The van der Waals surface area contributed by atoms with Gasteiger partial charge in [-0.15, -0.1) is 11.3 Å². The van der Waals surface area contributed by atoms with Gasteiger partial charge in [0.25, 0.3) is 0 Å². The molecule has 0 amide bonds. The maximum absolute atomic E-state index is 4.12. The third kappa shape index (κ3) is 1.06. The minimum absolute atomic E-state index is 0.990. The molecule has 3 heteroatoms. The fourth-order valence-corrected chi connectivity index (χ4v) is 2.32. The average Bonchev–Trinajstić information content (AvgIpc) is 2.79. The lowest BCUT2D eigenvalue weighted by molar-refractivity contribution is 1.24. The Balaban J connectivity index is 2.28. The molecule has 0 saturated heterocycles. The van der Waals surface area contributed by atoms with Crippen LogP contribution in [0.3, 0.4) is 0 Å². The summed E-state index contributed by atoms with van der Waals surface area (Å²) in [7, 11) is 0. The molecule has 2 nitrogen and oxygen atoms in total. The van der Waals surface area contributed by atoms with Gasteiger partial charge in [-0.1, -0.05) is 30.3 Å². The molecule has 1 radical (unpaired) electrons. The van der Waals surface area contributed by atoms with Gasteiger partial charge in [0.2, 0.25) is 0 Å². The first-order valence-electron chi connectivity index (χ1n) is 4.33. The van der Waals surface area contributed by atoms with Crippen LogP contribution in [-0.2, 0) is 0 Å². The van der Waals surface area contributed by atoms with Crippen molar-refractivity contribution in [3.05, 3.63) is 48.1 Å². The minimum Gasteiger partial charge on any atom is -0.290 e. The van der Waals surface area contributed by atoms with Gasteiger partial charge in [0.15, 0.2) is 4.96 Å². The van der Waals surface area contributed by atoms with E-state index in [2.05, 4.69) is 33.1 Å². The fourth-order valence-electron chi connectivity index (χ4n) is 1.49. The highest BCUT2D eigenvalue weighted by atomic mass is 32.1. The van der Waals surface area contributed by atoms with Crippen LogP contribution >= 0.6 is 11.3 Å². The first-order chi connectivity index (χ1) is 6.95. The lowest BCUT2D eigenvalue weighted by atomic mass is 10.2. The Morgan fingerprint density at radius 2 is 2.07 bits per heavy atom. The summed E-state index contributed by atoms with van der Waals surface area (Å²) in [5.74, 6) is 0. The number of nitrogens with zero attached hydrogens (tertiary/aromatic N) is 2. The van der Waals surface area contributed by atoms with Crippen LogP contribution in [0.2, 0.25) is 0 Å². The van der Waals surface area contributed by atoms with E-state index in [1.165, 1.54) is 11.3 Å². The summed E-state index contributed by atoms with van der Waals surface area (Å²) in [6.07, 6.45) is 4.72. The number of fused-ring (bicyclic) bond motifs is 1. The summed E-state index contributed by atoms with van der Waals surface area (Å²) in [5, 5.41) is 2.12. The van der Waals surface area contributed by atoms with Crippen molar-refractivity contribution in [2.45, 2.75) is 0 Å². The van der Waals surface area contributed by atoms with Gasteiger partial charge in [-0.25, -0.2) is 4.98 Å². The van der Waals surface area contributed by atoms with Crippen LogP contribution in [0.5, 0.6) is 0 Å². The number of rotatable bonds is 1. The smallest absolute Gasteiger partial charge is 0.194 e. The molecule has 3 rings (SSSR count). The highest BCUT2D eigenvalue weighted by Gasteiger charge is 2.04. The van der Waals surface area contributed by atoms with E-state index >= 15 is 0 Å². The predicted molar refractivity (Wildman–Crippen MR) is 57.3 cm³/mol. The van der Waals surface area contributed by atoms with E-state index in [4.69, 9.17) is 0 Å². The van der Waals surface area contributed by atoms with Gasteiger partial charge >= 0.3 is 0 Å². The Kier molecular flexibility index (Phi) is 1.64. The molecule has 0 aliphatic heterocycles. The summed E-state index contributed by atoms with van der Waals surface area (Å²) in [6, 6.07) is 10.3. The van der Waals surface area contributed by atoms with E-state index < -0.39 is 0 Å². The largest absolute Gasteiger partial charge is 0.290 e. The van der Waals surface area contributed by atoms with E-state index in [-0.39, 0.29) is 0 Å². The predicted octanol–water partition coefficient (Wildman–Crippen LogP) is 2.86. The van der Waals surface area contributed by atoms with E-state index in [9.17, 15) is 0 Å². The quantitative estimate of drug-likeness (QED) is 0.589. The molecule has 0 atom stereocenters. The number of benzene rings is 1. The van der Waals surface area contributed by atoms with Crippen LogP contribution in [0.15, 0.2) is 41.9 Å². The summed E-state index contributed by atoms with van der Waals surface area (Å²) >= 11 is 1.64. The van der Waals surface area contributed by atoms with Gasteiger partial charge in [-0.05, 0) is 5.56 Å². The molecule has 2 aromatic heterocycles. The maximum atomic E-state index is 4.12. The van der Waals surface area contributed by atoms with Crippen molar-refractivity contribution >= 4 is 16.3 Å². The zero-order chi connectivity index (χ0) is 9.38. The molecule has 0 aliphatic rings. The molecule has 0 unspecified atom stereocenters. The zero-order valence-electron chi connectivity index (χ0n) is 7.34. The Bertz CT molecular complexity index is 551. The van der Waals surface area contributed by atoms with Gasteiger partial charge in [0.1, 0.15) is 6.20 Å². The number of aromatic nitrogens is 2. The Hall–Kier alpha value is -1.61. The molecule has 0 bridgehead atoms. The second-order valence-corrected chi connectivity index (χ2v) is 3.85. The van der Waals surface area contributed by atoms with Crippen LogP contribution in [0.1, 0.15) is 0 Å². The van der Waals surface area contributed by atoms with Crippen molar-refractivity contribution in [2.24, 2.45) is 0 Å². The van der Waals surface area contributed by atoms with Crippen LogP contribution in [0.4, 0.5) is 0 Å². The Labute approximate surface area is 85.5 Å². The van der Waals surface area contributed by atoms with E-state index in [0.717, 1.165) is 4.96 Å². The summed E-state index contributed by atoms with van der Waals surface area (Å²) in [5.41, 5.74) is 2.39. The average molecular weight is 199 g/mol. The lowest BCUT2D eigenvalue weighted by Gasteiger charge is -1.97. The maximum Gasteiger partial charge on any atom is 0.194 e. The summed E-state index contributed by atoms with van der Waals surface area (Å²) < 4.78 is 2.06. The van der Waals surface area contributed by atoms with Gasteiger partial charge in [0.05, 0.1) is 5.69 Å². The second-order valence-electron chi connectivity index (χ2n) is 3.01. The highest BCUT2D eigenvalue weighted by Crippen LogP contribution is 2.24. The SMILES string of the molecule is [c]1cn2c(-c3ccccc3)csc2n1. The van der Waals surface area contributed by atoms with Crippen molar-refractivity contribution in [1.82, 2.24) is 9.38 Å². The van der Waals surface area contributed by atoms with Crippen LogP contribution in [0, 0.1) is 6.20 Å². The highest BCUT2D eigenvalue weighted by molar-refractivity contribution is 7.15. The Morgan fingerprint density at radius 1 is 1.21 bits per heavy atom. The molecular formula is C11H7N2S.